The SMILES string of the molecule is O=C(O)[C@@H]1CC(C(CCCc2ccccc2)c2ccccc2)CN1. The smallest absolute Gasteiger partial charge is 0.320 e. The molecule has 1 saturated heterocycles. The molecule has 3 rings (SSSR count). The molecule has 126 valence electrons. The Labute approximate surface area is 143 Å². The van der Waals surface area contributed by atoms with Gasteiger partial charge in [-0.15, -0.1) is 0 Å². The van der Waals surface area contributed by atoms with E-state index in [2.05, 4.69) is 53.8 Å². The number of nitrogens with one attached hydrogen (secondary N) is 1. The van der Waals surface area contributed by atoms with Crippen LogP contribution in [0.3, 0.4) is 0 Å². The van der Waals surface area contributed by atoms with Crippen LogP contribution >= 0.6 is 0 Å². The first-order valence-corrected chi connectivity index (χ1v) is 8.79. The minimum Gasteiger partial charge on any atom is -0.480 e. The number of hydrogen-bond donors (Lipinski definition) is 2. The molecule has 3 heteroatoms. The number of aryl methyl sites for hydroxylation is 1. The molecule has 0 aliphatic carbocycles. The van der Waals surface area contributed by atoms with Crippen molar-refractivity contribution in [1.82, 2.24) is 5.32 Å². The fourth-order valence-corrected chi connectivity index (χ4v) is 3.80. The zero-order valence-electron chi connectivity index (χ0n) is 13.9. The first kappa shape index (κ1) is 16.7. The highest BCUT2D eigenvalue weighted by molar-refractivity contribution is 5.73. The lowest BCUT2D eigenvalue weighted by molar-refractivity contribution is -0.139. The van der Waals surface area contributed by atoms with Gasteiger partial charge < -0.3 is 10.4 Å². The average Bonchev–Trinajstić information content (AvgIpc) is 3.10. The molecule has 3 atom stereocenters. The summed E-state index contributed by atoms with van der Waals surface area (Å²) in [7, 11) is 0. The first-order valence-electron chi connectivity index (χ1n) is 8.79. The number of carboxylic acid groups (broad SMARTS) is 1. The van der Waals surface area contributed by atoms with Crippen molar-refractivity contribution in [2.24, 2.45) is 5.92 Å². The van der Waals surface area contributed by atoms with E-state index in [1.165, 1.54) is 11.1 Å². The monoisotopic (exact) mass is 323 g/mol. The number of benzene rings is 2. The molecule has 1 aliphatic heterocycles. The van der Waals surface area contributed by atoms with Gasteiger partial charge in [-0.1, -0.05) is 60.7 Å². The first-order chi connectivity index (χ1) is 11.7. The van der Waals surface area contributed by atoms with Gasteiger partial charge in [-0.05, 0) is 55.2 Å². The maximum Gasteiger partial charge on any atom is 0.320 e. The topological polar surface area (TPSA) is 49.3 Å². The molecule has 0 radical (unpaired) electrons. The van der Waals surface area contributed by atoms with Crippen molar-refractivity contribution in [3.8, 4) is 0 Å². The van der Waals surface area contributed by atoms with Gasteiger partial charge in [0.05, 0.1) is 0 Å². The molecule has 0 bridgehead atoms. The quantitative estimate of drug-likeness (QED) is 0.813. The third-order valence-electron chi connectivity index (χ3n) is 5.08. The molecule has 0 saturated carbocycles. The Hall–Kier alpha value is -2.13. The highest BCUT2D eigenvalue weighted by Gasteiger charge is 2.34. The third kappa shape index (κ3) is 4.24. The molecule has 3 nitrogen and oxygen atoms in total. The zero-order valence-corrected chi connectivity index (χ0v) is 13.9. The van der Waals surface area contributed by atoms with E-state index in [0.717, 1.165) is 32.2 Å². The molecule has 2 unspecified atom stereocenters. The minimum atomic E-state index is -0.728. The summed E-state index contributed by atoms with van der Waals surface area (Å²) in [5.74, 6) is 0.0876. The van der Waals surface area contributed by atoms with Crippen LogP contribution in [-0.2, 0) is 11.2 Å². The molecule has 2 aromatic carbocycles. The normalized spacial score (nSPS) is 21.5. The molecule has 0 amide bonds. The Kier molecular flexibility index (Phi) is 5.65. The Morgan fingerprint density at radius 1 is 1.08 bits per heavy atom. The third-order valence-corrected chi connectivity index (χ3v) is 5.08. The molecule has 2 aromatic rings. The lowest BCUT2D eigenvalue weighted by Crippen LogP contribution is -2.29. The predicted octanol–water partition coefficient (Wildman–Crippen LogP) is 3.86. The van der Waals surface area contributed by atoms with Gasteiger partial charge in [0.15, 0.2) is 0 Å². The molecule has 1 fully saturated rings. The minimum absolute atomic E-state index is 0.393. The standard InChI is InChI=1S/C21H25NO2/c23-21(24)20-14-18(15-22-20)19(17-11-5-2-6-12-17)13-7-10-16-8-3-1-4-9-16/h1-6,8-9,11-12,18-20,22H,7,10,13-15H2,(H,23,24)/t18?,19?,20-/m0/s1. The zero-order chi connectivity index (χ0) is 16.8. The summed E-state index contributed by atoms with van der Waals surface area (Å²) in [4.78, 5) is 11.2. The van der Waals surface area contributed by atoms with Crippen molar-refractivity contribution >= 4 is 5.97 Å². The lowest BCUT2D eigenvalue weighted by Gasteiger charge is -2.23. The Bertz CT molecular complexity index is 641. The van der Waals surface area contributed by atoms with Gasteiger partial charge >= 0.3 is 5.97 Å². The van der Waals surface area contributed by atoms with Crippen molar-refractivity contribution in [3.63, 3.8) is 0 Å². The lowest BCUT2D eigenvalue weighted by atomic mass is 9.81. The van der Waals surface area contributed by atoms with Crippen molar-refractivity contribution in [2.45, 2.75) is 37.6 Å². The molecule has 24 heavy (non-hydrogen) atoms. The Morgan fingerprint density at radius 2 is 1.75 bits per heavy atom. The number of carbonyl (C=O) groups is 1. The van der Waals surface area contributed by atoms with E-state index >= 15 is 0 Å². The molecule has 1 heterocycles. The number of carboxylic acids is 1. The van der Waals surface area contributed by atoms with E-state index in [0.29, 0.717) is 11.8 Å². The van der Waals surface area contributed by atoms with Crippen molar-refractivity contribution in [1.29, 1.82) is 0 Å². The van der Waals surface area contributed by atoms with Gasteiger partial charge in [0.25, 0.3) is 0 Å². The molecule has 2 N–H and O–H groups in total. The van der Waals surface area contributed by atoms with E-state index in [4.69, 9.17) is 0 Å². The van der Waals surface area contributed by atoms with Crippen LogP contribution in [0, 0.1) is 5.92 Å². The van der Waals surface area contributed by atoms with Crippen LogP contribution in [-0.4, -0.2) is 23.7 Å². The number of hydrogen-bond acceptors (Lipinski definition) is 2. The van der Waals surface area contributed by atoms with Gasteiger partial charge in [0, 0.05) is 0 Å². The maximum atomic E-state index is 11.2. The fourth-order valence-electron chi connectivity index (χ4n) is 3.80. The maximum absolute atomic E-state index is 11.2. The predicted molar refractivity (Wildman–Crippen MR) is 96.1 cm³/mol. The van der Waals surface area contributed by atoms with E-state index in [-0.39, 0.29) is 0 Å². The van der Waals surface area contributed by atoms with Crippen LogP contribution in [0.15, 0.2) is 60.7 Å². The van der Waals surface area contributed by atoms with Crippen LogP contribution in [0.5, 0.6) is 0 Å². The summed E-state index contributed by atoms with van der Waals surface area (Å²) in [6.07, 6.45) is 4.02. The summed E-state index contributed by atoms with van der Waals surface area (Å²) in [5, 5.41) is 12.4. The second kappa shape index (κ2) is 8.11. The van der Waals surface area contributed by atoms with Crippen LogP contribution in [0.1, 0.15) is 36.3 Å². The van der Waals surface area contributed by atoms with E-state index in [1.807, 2.05) is 12.1 Å². The van der Waals surface area contributed by atoms with Gasteiger partial charge in [-0.3, -0.25) is 4.79 Å². The van der Waals surface area contributed by atoms with Crippen molar-refractivity contribution in [2.75, 3.05) is 6.54 Å². The molecular weight excluding hydrogens is 298 g/mol. The fraction of sp³-hybridized carbons (Fsp3) is 0.381. The summed E-state index contributed by atoms with van der Waals surface area (Å²) >= 11 is 0. The summed E-state index contributed by atoms with van der Waals surface area (Å²) in [6, 6.07) is 20.7. The van der Waals surface area contributed by atoms with E-state index < -0.39 is 12.0 Å². The largest absolute Gasteiger partial charge is 0.480 e. The van der Waals surface area contributed by atoms with Crippen LogP contribution in [0.2, 0.25) is 0 Å². The van der Waals surface area contributed by atoms with E-state index in [9.17, 15) is 9.90 Å². The Morgan fingerprint density at radius 3 is 2.38 bits per heavy atom. The van der Waals surface area contributed by atoms with Crippen LogP contribution in [0.25, 0.3) is 0 Å². The van der Waals surface area contributed by atoms with Crippen LogP contribution in [0.4, 0.5) is 0 Å². The highest BCUT2D eigenvalue weighted by atomic mass is 16.4. The van der Waals surface area contributed by atoms with Gasteiger partial charge in [0.2, 0.25) is 0 Å². The van der Waals surface area contributed by atoms with E-state index in [1.54, 1.807) is 0 Å². The molecule has 1 aliphatic rings. The average molecular weight is 323 g/mol. The second-order valence-corrected chi connectivity index (χ2v) is 6.69. The van der Waals surface area contributed by atoms with Crippen LogP contribution < -0.4 is 5.32 Å². The van der Waals surface area contributed by atoms with Gasteiger partial charge in [-0.25, -0.2) is 0 Å². The van der Waals surface area contributed by atoms with Gasteiger partial charge in [0.1, 0.15) is 6.04 Å². The van der Waals surface area contributed by atoms with Crippen molar-refractivity contribution < 1.29 is 9.90 Å². The van der Waals surface area contributed by atoms with Crippen molar-refractivity contribution in [3.05, 3.63) is 71.8 Å². The Balaban J connectivity index is 1.65. The molecule has 0 spiro atoms. The second-order valence-electron chi connectivity index (χ2n) is 6.69. The molecular formula is C21H25NO2. The summed E-state index contributed by atoms with van der Waals surface area (Å²) < 4.78 is 0. The number of rotatable bonds is 7. The summed E-state index contributed by atoms with van der Waals surface area (Å²) in [5.41, 5.74) is 2.71. The molecule has 0 aromatic heterocycles. The number of aliphatic carboxylic acids is 1. The highest BCUT2D eigenvalue weighted by Crippen LogP contribution is 2.35. The van der Waals surface area contributed by atoms with Gasteiger partial charge in [-0.2, -0.15) is 0 Å². The summed E-state index contributed by atoms with van der Waals surface area (Å²) in [6.45, 7) is 0.794.